The van der Waals surface area contributed by atoms with Crippen LogP contribution in [-0.4, -0.2) is 41.9 Å². The Balaban J connectivity index is 1.94. The third-order valence-corrected chi connectivity index (χ3v) is 4.86. The molecule has 3 aromatic rings. The van der Waals surface area contributed by atoms with E-state index < -0.39 is 22.0 Å². The van der Waals surface area contributed by atoms with E-state index in [1.165, 1.54) is 50.3 Å². The number of methoxy groups -OCH3 is 3. The van der Waals surface area contributed by atoms with Gasteiger partial charge in [-0.3, -0.25) is 19.7 Å². The van der Waals surface area contributed by atoms with Crippen molar-refractivity contribution < 1.29 is 23.9 Å². The maximum absolute atomic E-state index is 12.8. The minimum atomic E-state index is -0.746. The highest BCUT2D eigenvalue weighted by Crippen LogP contribution is 2.34. The van der Waals surface area contributed by atoms with Crippen LogP contribution in [0.4, 0.5) is 5.69 Å². The first kappa shape index (κ1) is 23.3. The van der Waals surface area contributed by atoms with E-state index in [-0.39, 0.29) is 17.9 Å². The molecule has 0 radical (unpaired) electrons. The number of nitro benzene ring substituents is 1. The van der Waals surface area contributed by atoms with Crippen LogP contribution in [-0.2, 0) is 6.54 Å². The van der Waals surface area contributed by atoms with Crippen molar-refractivity contribution in [3.8, 4) is 22.9 Å². The third-order valence-electron chi connectivity index (χ3n) is 4.86. The normalized spacial score (nSPS) is 10.4. The van der Waals surface area contributed by atoms with Gasteiger partial charge in [0, 0.05) is 36.0 Å². The van der Waals surface area contributed by atoms with Crippen LogP contribution in [0.2, 0.25) is 0 Å². The Labute approximate surface area is 188 Å². The first-order valence-corrected chi connectivity index (χ1v) is 9.72. The summed E-state index contributed by atoms with van der Waals surface area (Å²) in [7, 11) is 4.44. The van der Waals surface area contributed by atoms with Crippen LogP contribution >= 0.6 is 0 Å². The number of nitro groups is 1. The molecule has 0 fully saturated rings. The fourth-order valence-electron chi connectivity index (χ4n) is 3.24. The van der Waals surface area contributed by atoms with E-state index in [0.717, 1.165) is 0 Å². The summed E-state index contributed by atoms with van der Waals surface area (Å²) in [6.45, 7) is 1.57. The molecular formula is C22H22N4O7. The molecule has 1 aromatic heterocycles. The van der Waals surface area contributed by atoms with Gasteiger partial charge in [0.25, 0.3) is 11.6 Å². The molecule has 0 bridgehead atoms. The van der Waals surface area contributed by atoms with Gasteiger partial charge in [-0.25, -0.2) is 4.68 Å². The van der Waals surface area contributed by atoms with Crippen LogP contribution in [0.15, 0.2) is 47.3 Å². The number of aryl methyl sites for hydroxylation is 1. The first-order chi connectivity index (χ1) is 15.8. The van der Waals surface area contributed by atoms with Crippen molar-refractivity contribution in [3.63, 3.8) is 0 Å². The number of hydrogen-bond donors (Lipinski definition) is 1. The van der Waals surface area contributed by atoms with E-state index in [4.69, 9.17) is 14.2 Å². The second-order valence-corrected chi connectivity index (χ2v) is 6.86. The Morgan fingerprint density at radius 1 is 1.06 bits per heavy atom. The highest BCUT2D eigenvalue weighted by molar-refractivity contribution is 5.92. The number of nitrogens with zero attached hydrogens (tertiary/aromatic N) is 3. The highest BCUT2D eigenvalue weighted by atomic mass is 16.6. The molecule has 0 aliphatic heterocycles. The lowest BCUT2D eigenvalue weighted by Crippen LogP contribution is -2.31. The zero-order chi connectivity index (χ0) is 24.1. The smallest absolute Gasteiger partial charge is 0.294 e. The Kier molecular flexibility index (Phi) is 6.91. The molecule has 1 heterocycles. The average molecular weight is 454 g/mol. The lowest BCUT2D eigenvalue weighted by Gasteiger charge is -2.15. The van der Waals surface area contributed by atoms with Crippen molar-refractivity contribution in [2.24, 2.45) is 0 Å². The van der Waals surface area contributed by atoms with Gasteiger partial charge in [-0.15, -0.1) is 0 Å². The van der Waals surface area contributed by atoms with Crippen LogP contribution in [0.1, 0.15) is 21.7 Å². The molecule has 1 N–H and O–H groups in total. The number of nitrogens with one attached hydrogen (secondary N) is 1. The third kappa shape index (κ3) is 4.76. The molecule has 33 heavy (non-hydrogen) atoms. The van der Waals surface area contributed by atoms with Gasteiger partial charge in [0.15, 0.2) is 17.2 Å². The molecule has 172 valence electrons. The molecular weight excluding hydrogens is 432 g/mol. The number of ether oxygens (including phenoxy) is 3. The maximum Gasteiger partial charge on any atom is 0.294 e. The van der Waals surface area contributed by atoms with E-state index in [1.807, 2.05) is 0 Å². The zero-order valence-electron chi connectivity index (χ0n) is 18.4. The van der Waals surface area contributed by atoms with E-state index in [2.05, 4.69) is 10.4 Å². The first-order valence-electron chi connectivity index (χ1n) is 9.72. The monoisotopic (exact) mass is 454 g/mol. The summed E-state index contributed by atoms with van der Waals surface area (Å²) in [5.41, 5.74) is -0.173. The largest absolute Gasteiger partial charge is 0.496 e. The maximum atomic E-state index is 12.8. The summed E-state index contributed by atoms with van der Waals surface area (Å²) < 4.78 is 17.1. The van der Waals surface area contributed by atoms with E-state index in [1.54, 1.807) is 25.1 Å². The van der Waals surface area contributed by atoms with Crippen molar-refractivity contribution in [1.82, 2.24) is 15.1 Å². The fraction of sp³-hybridized carbons (Fsp3) is 0.227. The Hall–Kier alpha value is -4.41. The quantitative estimate of drug-likeness (QED) is 0.405. The Bertz CT molecular complexity index is 1270. The minimum absolute atomic E-state index is 0.00282. The summed E-state index contributed by atoms with van der Waals surface area (Å²) in [4.78, 5) is 36.1. The van der Waals surface area contributed by atoms with Crippen LogP contribution < -0.4 is 25.0 Å². The molecule has 0 aliphatic carbocycles. The van der Waals surface area contributed by atoms with Gasteiger partial charge in [0.2, 0.25) is 5.43 Å². The van der Waals surface area contributed by atoms with Crippen molar-refractivity contribution in [3.05, 3.63) is 79.8 Å². The molecule has 0 saturated heterocycles. The number of carbonyl (C=O) groups excluding carboxylic acids is 1. The average Bonchev–Trinajstić information content (AvgIpc) is 2.81. The number of amides is 1. The minimum Gasteiger partial charge on any atom is -0.496 e. The van der Waals surface area contributed by atoms with Crippen molar-refractivity contribution in [2.45, 2.75) is 13.5 Å². The molecule has 0 spiro atoms. The number of rotatable bonds is 8. The topological polar surface area (TPSA) is 135 Å². The molecule has 0 unspecified atom stereocenters. The van der Waals surface area contributed by atoms with Crippen LogP contribution in [0.5, 0.6) is 17.2 Å². The highest BCUT2D eigenvalue weighted by Gasteiger charge is 2.21. The van der Waals surface area contributed by atoms with Crippen LogP contribution in [0, 0.1) is 17.0 Å². The van der Waals surface area contributed by atoms with Gasteiger partial charge in [-0.05, 0) is 19.1 Å². The fourth-order valence-corrected chi connectivity index (χ4v) is 3.24. The number of para-hydroxylation sites is 2. The molecule has 0 atom stereocenters. The van der Waals surface area contributed by atoms with E-state index in [0.29, 0.717) is 28.5 Å². The van der Waals surface area contributed by atoms with Gasteiger partial charge in [0.1, 0.15) is 11.4 Å². The zero-order valence-corrected chi connectivity index (χ0v) is 18.4. The van der Waals surface area contributed by atoms with Crippen molar-refractivity contribution in [1.29, 1.82) is 0 Å². The second-order valence-electron chi connectivity index (χ2n) is 6.86. The number of benzene rings is 2. The molecule has 2 aromatic carbocycles. The van der Waals surface area contributed by atoms with Crippen LogP contribution in [0.3, 0.4) is 0 Å². The molecule has 3 rings (SSSR count). The summed E-state index contributed by atoms with van der Waals surface area (Å²) >= 11 is 0. The van der Waals surface area contributed by atoms with Crippen molar-refractivity contribution >= 4 is 11.6 Å². The Morgan fingerprint density at radius 3 is 2.33 bits per heavy atom. The number of aromatic nitrogens is 2. The number of hydrogen-bond acceptors (Lipinski definition) is 8. The van der Waals surface area contributed by atoms with Gasteiger partial charge < -0.3 is 19.5 Å². The van der Waals surface area contributed by atoms with E-state index in [9.17, 15) is 19.7 Å². The van der Waals surface area contributed by atoms with Gasteiger partial charge in [-0.1, -0.05) is 12.1 Å². The van der Waals surface area contributed by atoms with Gasteiger partial charge in [0.05, 0.1) is 26.3 Å². The molecule has 11 heteroatoms. The summed E-state index contributed by atoms with van der Waals surface area (Å²) in [5.74, 6) is 0.595. The summed E-state index contributed by atoms with van der Waals surface area (Å²) in [6, 6.07) is 10.4. The van der Waals surface area contributed by atoms with Gasteiger partial charge >= 0.3 is 0 Å². The molecule has 0 saturated carbocycles. The lowest BCUT2D eigenvalue weighted by atomic mass is 10.1. The predicted molar refractivity (Wildman–Crippen MR) is 118 cm³/mol. The standard InChI is InChI=1S/C22H22N4O7/c1-13-9-17(27)21(24-25(13)15-7-5-6-8-16(15)26(29)30)22(28)23-12-14-10-19(32-3)20(33-4)11-18(14)31-2/h5-11H,12H2,1-4H3,(H,23,28). The SMILES string of the molecule is COc1cc(OC)c(OC)cc1CNC(=O)c1nn(-c2ccccc2[N+](=O)[O-])c(C)cc1=O. The molecule has 11 nitrogen and oxygen atoms in total. The number of carbonyl (C=O) groups is 1. The second kappa shape index (κ2) is 9.81. The summed E-state index contributed by atoms with van der Waals surface area (Å²) in [5, 5.41) is 18.1. The molecule has 0 aliphatic rings. The molecule has 1 amide bonds. The Morgan fingerprint density at radius 2 is 1.70 bits per heavy atom. The summed E-state index contributed by atoms with van der Waals surface area (Å²) in [6.07, 6.45) is 0. The lowest BCUT2D eigenvalue weighted by molar-refractivity contribution is -0.384. The predicted octanol–water partition coefficient (Wildman–Crippen LogP) is 2.40. The van der Waals surface area contributed by atoms with Gasteiger partial charge in [-0.2, -0.15) is 5.10 Å². The van der Waals surface area contributed by atoms with Crippen LogP contribution in [0.25, 0.3) is 5.69 Å². The van der Waals surface area contributed by atoms with Crippen molar-refractivity contribution in [2.75, 3.05) is 21.3 Å². The van der Waals surface area contributed by atoms with E-state index >= 15 is 0 Å².